The van der Waals surface area contributed by atoms with Crippen LogP contribution in [0.2, 0.25) is 0 Å². The molecule has 0 aromatic heterocycles. The zero-order chi connectivity index (χ0) is 16.0. The molecule has 6 nitrogen and oxygen atoms in total. The quantitative estimate of drug-likeness (QED) is 0.397. The standard InChI is InChI=1S/C15H15NO5/c1-15(2,3)21-14(19)20-12-6-4-10(5-7-12)8-11(9-16)13(17)18/h4-8H,1-3H3,(H,17,18)/b11-8+. The van der Waals surface area contributed by atoms with Gasteiger partial charge in [0, 0.05) is 0 Å². The van der Waals surface area contributed by atoms with Gasteiger partial charge in [-0.25, -0.2) is 9.59 Å². The molecule has 0 radical (unpaired) electrons. The molecule has 1 rings (SSSR count). The summed E-state index contributed by atoms with van der Waals surface area (Å²) in [5, 5.41) is 17.4. The van der Waals surface area contributed by atoms with Gasteiger partial charge in [0.1, 0.15) is 23.0 Å². The summed E-state index contributed by atoms with van der Waals surface area (Å²) in [6.07, 6.45) is 0.397. The van der Waals surface area contributed by atoms with Crippen molar-refractivity contribution in [1.82, 2.24) is 0 Å². The molecule has 0 unspecified atom stereocenters. The molecule has 0 saturated heterocycles. The average molecular weight is 289 g/mol. The Morgan fingerprint density at radius 3 is 2.24 bits per heavy atom. The second kappa shape index (κ2) is 6.57. The minimum Gasteiger partial charge on any atom is -0.477 e. The Kier molecular flexibility index (Phi) is 5.08. The van der Waals surface area contributed by atoms with Gasteiger partial charge in [-0.2, -0.15) is 5.26 Å². The van der Waals surface area contributed by atoms with E-state index in [0.29, 0.717) is 5.56 Å². The third-order valence-corrected chi connectivity index (χ3v) is 2.13. The molecule has 6 heteroatoms. The molecule has 0 atom stereocenters. The first-order chi connectivity index (χ1) is 9.71. The van der Waals surface area contributed by atoms with Crippen LogP contribution in [0.15, 0.2) is 29.8 Å². The van der Waals surface area contributed by atoms with Crippen LogP contribution >= 0.6 is 0 Å². The summed E-state index contributed by atoms with van der Waals surface area (Å²) < 4.78 is 9.95. The molecule has 0 aliphatic heterocycles. The van der Waals surface area contributed by atoms with E-state index < -0.39 is 17.7 Å². The van der Waals surface area contributed by atoms with E-state index in [1.165, 1.54) is 30.3 Å². The molecular weight excluding hydrogens is 274 g/mol. The number of hydrogen-bond acceptors (Lipinski definition) is 5. The molecular formula is C15H15NO5. The second-order valence-corrected chi connectivity index (χ2v) is 5.11. The van der Waals surface area contributed by atoms with Gasteiger partial charge < -0.3 is 14.6 Å². The number of carboxylic acids is 1. The van der Waals surface area contributed by atoms with Gasteiger partial charge in [-0.1, -0.05) is 12.1 Å². The SMILES string of the molecule is CC(C)(C)OC(=O)Oc1ccc(/C=C(\C#N)C(=O)O)cc1. The van der Waals surface area contributed by atoms with Crippen LogP contribution < -0.4 is 4.74 Å². The number of carbonyl (C=O) groups is 2. The zero-order valence-electron chi connectivity index (χ0n) is 11.9. The van der Waals surface area contributed by atoms with Crippen molar-refractivity contribution in [1.29, 1.82) is 5.26 Å². The highest BCUT2D eigenvalue weighted by Crippen LogP contribution is 2.16. The van der Waals surface area contributed by atoms with E-state index in [9.17, 15) is 9.59 Å². The fourth-order valence-corrected chi connectivity index (χ4v) is 1.31. The predicted octanol–water partition coefficient (Wildman–Crippen LogP) is 2.99. The van der Waals surface area contributed by atoms with Gasteiger partial charge in [-0.15, -0.1) is 0 Å². The van der Waals surface area contributed by atoms with Crippen molar-refractivity contribution >= 4 is 18.2 Å². The monoisotopic (exact) mass is 289 g/mol. The van der Waals surface area contributed by atoms with Gasteiger partial charge in [-0.05, 0) is 44.5 Å². The summed E-state index contributed by atoms with van der Waals surface area (Å²) in [5.41, 5.74) is -0.524. The van der Waals surface area contributed by atoms with Crippen molar-refractivity contribution in [2.45, 2.75) is 26.4 Å². The minimum atomic E-state index is -1.30. The van der Waals surface area contributed by atoms with E-state index in [1.54, 1.807) is 26.8 Å². The maximum atomic E-state index is 11.4. The summed E-state index contributed by atoms with van der Waals surface area (Å²) in [4.78, 5) is 22.2. The molecule has 0 aliphatic rings. The first-order valence-electron chi connectivity index (χ1n) is 6.07. The molecule has 21 heavy (non-hydrogen) atoms. The van der Waals surface area contributed by atoms with Crippen LogP contribution in [0.3, 0.4) is 0 Å². The van der Waals surface area contributed by atoms with Gasteiger partial charge in [0.05, 0.1) is 0 Å². The van der Waals surface area contributed by atoms with E-state index in [1.807, 2.05) is 0 Å². The lowest BCUT2D eigenvalue weighted by atomic mass is 10.1. The fourth-order valence-electron chi connectivity index (χ4n) is 1.31. The Bertz CT molecular complexity index is 602. The third-order valence-electron chi connectivity index (χ3n) is 2.13. The lowest BCUT2D eigenvalue weighted by Crippen LogP contribution is -2.25. The molecule has 0 heterocycles. The highest BCUT2D eigenvalue weighted by atomic mass is 16.7. The van der Waals surface area contributed by atoms with Crippen molar-refractivity contribution < 1.29 is 24.2 Å². The minimum absolute atomic E-state index is 0.259. The summed E-state index contributed by atoms with van der Waals surface area (Å²) in [6, 6.07) is 7.59. The normalized spacial score (nSPS) is 11.4. The van der Waals surface area contributed by atoms with Crippen molar-refractivity contribution in [3.8, 4) is 11.8 Å². The van der Waals surface area contributed by atoms with Crippen molar-refractivity contribution in [2.75, 3.05) is 0 Å². The average Bonchev–Trinajstić information content (AvgIpc) is 2.35. The Labute approximate surface area is 122 Å². The summed E-state index contributed by atoms with van der Waals surface area (Å²) in [7, 11) is 0. The molecule has 0 aliphatic carbocycles. The van der Waals surface area contributed by atoms with Crippen LogP contribution in [-0.2, 0) is 9.53 Å². The zero-order valence-corrected chi connectivity index (χ0v) is 11.9. The summed E-state index contributed by atoms with van der Waals surface area (Å²) in [5.74, 6) is -1.04. The summed E-state index contributed by atoms with van der Waals surface area (Å²) >= 11 is 0. The number of hydrogen-bond donors (Lipinski definition) is 1. The van der Waals surface area contributed by atoms with Crippen molar-refractivity contribution in [3.05, 3.63) is 35.4 Å². The molecule has 0 spiro atoms. The maximum absolute atomic E-state index is 11.4. The number of nitrogens with zero attached hydrogens (tertiary/aromatic N) is 1. The molecule has 1 aromatic rings. The number of ether oxygens (including phenoxy) is 2. The van der Waals surface area contributed by atoms with E-state index in [-0.39, 0.29) is 11.3 Å². The molecule has 0 fully saturated rings. The maximum Gasteiger partial charge on any atom is 0.514 e. The molecule has 1 aromatic carbocycles. The van der Waals surface area contributed by atoms with Crippen LogP contribution in [0, 0.1) is 11.3 Å². The van der Waals surface area contributed by atoms with E-state index in [4.69, 9.17) is 19.8 Å². The number of aliphatic carboxylic acids is 1. The topological polar surface area (TPSA) is 96.6 Å². The van der Waals surface area contributed by atoms with Crippen LogP contribution in [0.5, 0.6) is 5.75 Å². The van der Waals surface area contributed by atoms with Gasteiger partial charge in [-0.3, -0.25) is 0 Å². The van der Waals surface area contributed by atoms with Crippen LogP contribution in [-0.4, -0.2) is 22.8 Å². The van der Waals surface area contributed by atoms with Crippen LogP contribution in [0.1, 0.15) is 26.3 Å². The van der Waals surface area contributed by atoms with E-state index >= 15 is 0 Å². The molecule has 110 valence electrons. The number of nitriles is 1. The number of rotatable bonds is 3. The van der Waals surface area contributed by atoms with Gasteiger partial charge >= 0.3 is 12.1 Å². The predicted molar refractivity (Wildman–Crippen MR) is 74.5 cm³/mol. The first kappa shape index (κ1) is 16.2. The fraction of sp³-hybridized carbons (Fsp3) is 0.267. The van der Waals surface area contributed by atoms with Gasteiger partial charge in [0.25, 0.3) is 0 Å². The summed E-state index contributed by atoms with van der Waals surface area (Å²) in [6.45, 7) is 5.16. The lowest BCUT2D eigenvalue weighted by Gasteiger charge is -2.18. The van der Waals surface area contributed by atoms with Gasteiger partial charge in [0.2, 0.25) is 0 Å². The second-order valence-electron chi connectivity index (χ2n) is 5.11. The Morgan fingerprint density at radius 1 is 1.24 bits per heavy atom. The third kappa shape index (κ3) is 5.78. The molecule has 0 saturated carbocycles. The van der Waals surface area contributed by atoms with Crippen LogP contribution in [0.4, 0.5) is 4.79 Å². The largest absolute Gasteiger partial charge is 0.514 e. The highest BCUT2D eigenvalue weighted by Gasteiger charge is 2.17. The Balaban J connectivity index is 2.78. The first-order valence-corrected chi connectivity index (χ1v) is 6.07. The van der Waals surface area contributed by atoms with Crippen molar-refractivity contribution in [3.63, 3.8) is 0 Å². The lowest BCUT2D eigenvalue weighted by molar-refractivity contribution is -0.132. The number of benzene rings is 1. The van der Waals surface area contributed by atoms with E-state index in [2.05, 4.69) is 0 Å². The Morgan fingerprint density at radius 2 is 1.81 bits per heavy atom. The van der Waals surface area contributed by atoms with Crippen molar-refractivity contribution in [2.24, 2.45) is 0 Å². The molecule has 1 N–H and O–H groups in total. The van der Waals surface area contributed by atoms with Crippen LogP contribution in [0.25, 0.3) is 6.08 Å². The molecule has 0 bridgehead atoms. The Hall–Kier alpha value is -2.81. The number of carbonyl (C=O) groups excluding carboxylic acids is 1. The smallest absolute Gasteiger partial charge is 0.477 e. The molecule has 0 amide bonds. The van der Waals surface area contributed by atoms with Gasteiger partial charge in [0.15, 0.2) is 0 Å². The number of carboxylic acid groups (broad SMARTS) is 1. The van der Waals surface area contributed by atoms with E-state index in [0.717, 1.165) is 0 Å². The highest BCUT2D eigenvalue weighted by molar-refractivity contribution is 5.96.